The van der Waals surface area contributed by atoms with Crippen molar-refractivity contribution in [3.8, 4) is 0 Å². The second kappa shape index (κ2) is 5.11. The fourth-order valence-corrected chi connectivity index (χ4v) is 1.25. The van der Waals surface area contributed by atoms with Gasteiger partial charge in [-0.3, -0.25) is 0 Å². The van der Waals surface area contributed by atoms with Crippen molar-refractivity contribution in [1.82, 2.24) is 10.4 Å². The number of hydrogen-bond acceptors (Lipinski definition) is 4. The minimum Gasteiger partial charge on any atom is -0.476 e. The Morgan fingerprint density at radius 3 is 2.81 bits per heavy atom. The number of aryl methyl sites for hydroxylation is 1. The number of pyridine rings is 1. The van der Waals surface area contributed by atoms with E-state index < -0.39 is 5.97 Å². The van der Waals surface area contributed by atoms with Crippen LogP contribution in [0.15, 0.2) is 17.2 Å². The van der Waals surface area contributed by atoms with Gasteiger partial charge in [0.2, 0.25) is 0 Å². The van der Waals surface area contributed by atoms with Crippen LogP contribution in [0, 0.1) is 0 Å². The highest BCUT2D eigenvalue weighted by atomic mass is 16.4. The van der Waals surface area contributed by atoms with Gasteiger partial charge in [0.1, 0.15) is 0 Å². The van der Waals surface area contributed by atoms with Gasteiger partial charge in [-0.15, -0.1) is 0 Å². The first kappa shape index (κ1) is 12.0. The van der Waals surface area contributed by atoms with E-state index in [1.807, 2.05) is 6.92 Å². The van der Waals surface area contributed by atoms with Gasteiger partial charge in [-0.1, -0.05) is 6.92 Å². The standard InChI is InChI=1S/C10H14N4O2/c1-3-6-4-5-7(9(11)14-12-2)8(13-6)10(15)16/h4-5,12H,3H2,1-2H3,(H2,11,14)(H,15,16). The van der Waals surface area contributed by atoms with Gasteiger partial charge in [0.05, 0.1) is 5.56 Å². The average Bonchev–Trinajstić information content (AvgIpc) is 2.28. The van der Waals surface area contributed by atoms with Crippen LogP contribution >= 0.6 is 0 Å². The van der Waals surface area contributed by atoms with Crippen molar-refractivity contribution in [2.24, 2.45) is 10.8 Å². The fraction of sp³-hybridized carbons (Fsp3) is 0.300. The molecule has 6 heteroatoms. The molecule has 86 valence electrons. The van der Waals surface area contributed by atoms with Crippen molar-refractivity contribution >= 4 is 11.8 Å². The Bertz CT molecular complexity index is 429. The van der Waals surface area contributed by atoms with Crippen molar-refractivity contribution in [3.05, 3.63) is 29.1 Å². The van der Waals surface area contributed by atoms with Gasteiger partial charge in [0, 0.05) is 12.7 Å². The number of carboxylic acid groups (broad SMARTS) is 1. The van der Waals surface area contributed by atoms with Crippen molar-refractivity contribution in [1.29, 1.82) is 0 Å². The zero-order valence-electron chi connectivity index (χ0n) is 9.19. The predicted octanol–water partition coefficient (Wildman–Crippen LogP) is 0.182. The van der Waals surface area contributed by atoms with Gasteiger partial charge in [-0.2, -0.15) is 5.10 Å². The van der Waals surface area contributed by atoms with Crippen LogP contribution in [0.25, 0.3) is 0 Å². The monoisotopic (exact) mass is 222 g/mol. The van der Waals surface area contributed by atoms with E-state index in [0.717, 1.165) is 0 Å². The minimum absolute atomic E-state index is 0.0733. The molecule has 0 radical (unpaired) electrons. The van der Waals surface area contributed by atoms with Gasteiger partial charge in [0.25, 0.3) is 0 Å². The van der Waals surface area contributed by atoms with Crippen molar-refractivity contribution in [2.45, 2.75) is 13.3 Å². The molecule has 0 aliphatic carbocycles. The van der Waals surface area contributed by atoms with Crippen LogP contribution in [0.2, 0.25) is 0 Å². The first-order valence-corrected chi connectivity index (χ1v) is 4.83. The molecule has 16 heavy (non-hydrogen) atoms. The van der Waals surface area contributed by atoms with E-state index in [1.165, 1.54) is 0 Å². The molecule has 4 N–H and O–H groups in total. The topological polar surface area (TPSA) is 101 Å². The van der Waals surface area contributed by atoms with Gasteiger partial charge < -0.3 is 16.3 Å². The number of amidine groups is 1. The number of hydrogen-bond donors (Lipinski definition) is 3. The lowest BCUT2D eigenvalue weighted by Gasteiger charge is -2.06. The molecule has 0 aromatic carbocycles. The molecule has 0 amide bonds. The minimum atomic E-state index is -1.11. The Kier molecular flexibility index (Phi) is 3.82. The quantitative estimate of drug-likeness (QED) is 0.383. The van der Waals surface area contributed by atoms with Crippen LogP contribution in [-0.2, 0) is 6.42 Å². The molecule has 1 rings (SSSR count). The Morgan fingerprint density at radius 1 is 1.62 bits per heavy atom. The van der Waals surface area contributed by atoms with Crippen molar-refractivity contribution < 1.29 is 9.90 Å². The molecular weight excluding hydrogens is 208 g/mol. The van der Waals surface area contributed by atoms with Gasteiger partial charge in [0.15, 0.2) is 11.5 Å². The zero-order chi connectivity index (χ0) is 12.1. The smallest absolute Gasteiger partial charge is 0.355 e. The summed E-state index contributed by atoms with van der Waals surface area (Å²) in [6.45, 7) is 1.90. The lowest BCUT2D eigenvalue weighted by atomic mass is 10.1. The first-order chi connectivity index (χ1) is 7.60. The molecule has 0 saturated carbocycles. The van der Waals surface area contributed by atoms with E-state index in [1.54, 1.807) is 19.2 Å². The third-order valence-corrected chi connectivity index (χ3v) is 2.03. The summed E-state index contributed by atoms with van der Waals surface area (Å²) in [4.78, 5) is 15.0. The first-order valence-electron chi connectivity index (χ1n) is 4.83. The maximum absolute atomic E-state index is 11.0. The van der Waals surface area contributed by atoms with Crippen LogP contribution in [0.1, 0.15) is 28.7 Å². The lowest BCUT2D eigenvalue weighted by molar-refractivity contribution is 0.0690. The van der Waals surface area contributed by atoms with Crippen LogP contribution in [0.3, 0.4) is 0 Å². The Hall–Kier alpha value is -2.11. The largest absolute Gasteiger partial charge is 0.476 e. The molecule has 1 heterocycles. The van der Waals surface area contributed by atoms with E-state index in [9.17, 15) is 4.79 Å². The Labute approximate surface area is 93.2 Å². The normalized spacial score (nSPS) is 11.2. The average molecular weight is 222 g/mol. The molecule has 6 nitrogen and oxygen atoms in total. The van der Waals surface area contributed by atoms with E-state index in [4.69, 9.17) is 10.8 Å². The second-order valence-corrected chi connectivity index (χ2v) is 3.08. The van der Waals surface area contributed by atoms with Gasteiger partial charge in [-0.05, 0) is 18.6 Å². The third-order valence-electron chi connectivity index (χ3n) is 2.03. The zero-order valence-corrected chi connectivity index (χ0v) is 9.19. The Balaban J connectivity index is 3.28. The highest BCUT2D eigenvalue weighted by Crippen LogP contribution is 2.08. The maximum Gasteiger partial charge on any atom is 0.355 e. The van der Waals surface area contributed by atoms with Crippen LogP contribution < -0.4 is 11.2 Å². The van der Waals surface area contributed by atoms with E-state index in [2.05, 4.69) is 15.5 Å². The van der Waals surface area contributed by atoms with E-state index in [-0.39, 0.29) is 11.5 Å². The lowest BCUT2D eigenvalue weighted by Crippen LogP contribution is -2.21. The van der Waals surface area contributed by atoms with E-state index in [0.29, 0.717) is 17.7 Å². The Morgan fingerprint density at radius 2 is 2.31 bits per heavy atom. The molecule has 1 aromatic rings. The molecule has 1 aromatic heterocycles. The summed E-state index contributed by atoms with van der Waals surface area (Å²) in [5, 5.41) is 12.7. The third kappa shape index (κ3) is 2.47. The molecule has 0 aliphatic heterocycles. The van der Waals surface area contributed by atoms with Crippen LogP contribution in [-0.4, -0.2) is 28.9 Å². The molecule has 0 aliphatic rings. The number of nitrogens with two attached hydrogens (primary N) is 1. The summed E-state index contributed by atoms with van der Waals surface area (Å²) in [5.74, 6) is -1.00. The molecule has 0 unspecified atom stereocenters. The molecular formula is C10H14N4O2. The summed E-state index contributed by atoms with van der Waals surface area (Å²) >= 11 is 0. The molecule has 0 saturated heterocycles. The summed E-state index contributed by atoms with van der Waals surface area (Å²) in [6, 6.07) is 3.35. The van der Waals surface area contributed by atoms with Gasteiger partial charge >= 0.3 is 5.97 Å². The number of carbonyl (C=O) groups is 1. The SMILES string of the molecule is CCc1ccc(C(N)=NNC)c(C(=O)O)n1. The molecule has 0 fully saturated rings. The number of carboxylic acids is 1. The number of aromatic carboxylic acids is 1. The number of aromatic nitrogens is 1. The van der Waals surface area contributed by atoms with Crippen LogP contribution in [0.4, 0.5) is 0 Å². The maximum atomic E-state index is 11.0. The molecule has 0 atom stereocenters. The fourth-order valence-electron chi connectivity index (χ4n) is 1.25. The highest BCUT2D eigenvalue weighted by molar-refractivity contribution is 6.05. The van der Waals surface area contributed by atoms with Crippen molar-refractivity contribution in [2.75, 3.05) is 7.05 Å². The predicted molar refractivity (Wildman–Crippen MR) is 60.4 cm³/mol. The number of nitrogens with one attached hydrogen (secondary N) is 1. The summed E-state index contributed by atoms with van der Waals surface area (Å²) in [7, 11) is 1.58. The summed E-state index contributed by atoms with van der Waals surface area (Å²) in [6.07, 6.45) is 0.670. The number of hydrazone groups is 1. The molecule has 0 bridgehead atoms. The van der Waals surface area contributed by atoms with E-state index >= 15 is 0 Å². The van der Waals surface area contributed by atoms with Crippen molar-refractivity contribution in [3.63, 3.8) is 0 Å². The molecule has 0 spiro atoms. The highest BCUT2D eigenvalue weighted by Gasteiger charge is 2.15. The number of nitrogens with zero attached hydrogens (tertiary/aromatic N) is 2. The number of rotatable bonds is 4. The second-order valence-electron chi connectivity index (χ2n) is 3.08. The summed E-state index contributed by atoms with van der Waals surface area (Å²) in [5.41, 5.74) is 9.07. The van der Waals surface area contributed by atoms with Crippen LogP contribution in [0.5, 0.6) is 0 Å². The van der Waals surface area contributed by atoms with Gasteiger partial charge in [-0.25, -0.2) is 9.78 Å². The summed E-state index contributed by atoms with van der Waals surface area (Å²) < 4.78 is 0.